The van der Waals surface area contributed by atoms with E-state index in [0.29, 0.717) is 36.9 Å². The first-order chi connectivity index (χ1) is 16.3. The number of thiazole rings is 1. The molecule has 0 fully saturated rings. The second-order valence-corrected chi connectivity index (χ2v) is 10.2. The standard InChI is InChI=1S/C22H18Cl3N5O2S2/c1-12(32-18-8-7-15(24)9-16(18)25)20-28-29-22(30(20)2)34-11-19(31)27-21-26-17(10-33-21)13-3-5-14(23)6-4-13/h3-10,12H,11H2,1-2H3,(H,26,27,31). The van der Waals surface area contributed by atoms with Gasteiger partial charge in [-0.05, 0) is 37.3 Å². The molecule has 0 saturated carbocycles. The molecule has 2 heterocycles. The molecule has 4 rings (SSSR count). The number of benzene rings is 2. The number of thioether (sulfide) groups is 1. The van der Waals surface area contributed by atoms with Crippen molar-refractivity contribution >= 4 is 68.9 Å². The average molecular weight is 555 g/mol. The Balaban J connectivity index is 1.33. The number of halogens is 3. The molecule has 12 heteroatoms. The van der Waals surface area contributed by atoms with Gasteiger partial charge in [0, 0.05) is 28.0 Å². The van der Waals surface area contributed by atoms with E-state index in [2.05, 4.69) is 20.5 Å². The fourth-order valence-electron chi connectivity index (χ4n) is 2.99. The maximum absolute atomic E-state index is 12.4. The Kier molecular flexibility index (Phi) is 8.00. The molecule has 34 heavy (non-hydrogen) atoms. The van der Waals surface area contributed by atoms with Crippen LogP contribution in [0.25, 0.3) is 11.3 Å². The van der Waals surface area contributed by atoms with Crippen molar-refractivity contribution in [2.75, 3.05) is 11.1 Å². The van der Waals surface area contributed by atoms with Crippen molar-refractivity contribution in [3.63, 3.8) is 0 Å². The Bertz CT molecular complexity index is 1310. The molecule has 1 N–H and O–H groups in total. The van der Waals surface area contributed by atoms with E-state index in [4.69, 9.17) is 39.5 Å². The molecule has 1 unspecified atom stereocenters. The number of amides is 1. The van der Waals surface area contributed by atoms with Gasteiger partial charge in [0.15, 0.2) is 22.2 Å². The Hall–Kier alpha value is -2.30. The normalized spacial score (nSPS) is 11.9. The number of hydrogen-bond acceptors (Lipinski definition) is 7. The minimum absolute atomic E-state index is 0.153. The van der Waals surface area contributed by atoms with E-state index in [-0.39, 0.29) is 11.7 Å². The number of anilines is 1. The van der Waals surface area contributed by atoms with Gasteiger partial charge in [0.1, 0.15) is 5.75 Å². The molecular formula is C22H18Cl3N5O2S2. The fraction of sp³-hybridized carbons (Fsp3) is 0.182. The lowest BCUT2D eigenvalue weighted by Crippen LogP contribution is -2.14. The van der Waals surface area contributed by atoms with Crippen molar-refractivity contribution in [1.82, 2.24) is 19.7 Å². The summed E-state index contributed by atoms with van der Waals surface area (Å²) in [6.07, 6.45) is -0.416. The van der Waals surface area contributed by atoms with Crippen LogP contribution in [0.1, 0.15) is 18.9 Å². The zero-order chi connectivity index (χ0) is 24.2. The SMILES string of the molecule is CC(Oc1ccc(Cl)cc1Cl)c1nnc(SCC(=O)Nc2nc(-c3ccc(Cl)cc3)cs2)n1C. The van der Waals surface area contributed by atoms with Crippen LogP contribution in [0, 0.1) is 0 Å². The number of hydrogen-bond donors (Lipinski definition) is 1. The lowest BCUT2D eigenvalue weighted by Gasteiger charge is -2.15. The maximum Gasteiger partial charge on any atom is 0.236 e. The van der Waals surface area contributed by atoms with Gasteiger partial charge in [-0.25, -0.2) is 4.98 Å². The number of carbonyl (C=O) groups is 1. The van der Waals surface area contributed by atoms with Gasteiger partial charge in [-0.1, -0.05) is 58.7 Å². The number of nitrogens with one attached hydrogen (secondary N) is 1. The minimum Gasteiger partial charge on any atom is -0.481 e. The van der Waals surface area contributed by atoms with E-state index in [0.717, 1.165) is 11.3 Å². The molecule has 176 valence electrons. The first-order valence-electron chi connectivity index (χ1n) is 9.95. The van der Waals surface area contributed by atoms with Crippen LogP contribution in [-0.2, 0) is 11.8 Å². The van der Waals surface area contributed by atoms with Crippen LogP contribution in [0.15, 0.2) is 53.0 Å². The topological polar surface area (TPSA) is 81.9 Å². The van der Waals surface area contributed by atoms with Gasteiger partial charge in [-0.15, -0.1) is 21.5 Å². The molecule has 4 aromatic rings. The molecule has 1 atom stereocenters. The van der Waals surface area contributed by atoms with Crippen molar-refractivity contribution in [2.45, 2.75) is 18.2 Å². The predicted octanol–water partition coefficient (Wildman–Crippen LogP) is 6.77. The first-order valence-corrected chi connectivity index (χ1v) is 12.9. The molecule has 0 saturated heterocycles. The molecule has 2 aromatic carbocycles. The van der Waals surface area contributed by atoms with Crippen molar-refractivity contribution in [3.05, 3.63) is 68.7 Å². The van der Waals surface area contributed by atoms with Crippen LogP contribution >= 0.6 is 57.9 Å². The molecular weight excluding hydrogens is 537 g/mol. The van der Waals surface area contributed by atoms with Crippen molar-refractivity contribution < 1.29 is 9.53 Å². The van der Waals surface area contributed by atoms with E-state index in [1.807, 2.05) is 31.5 Å². The molecule has 0 aliphatic carbocycles. The van der Waals surface area contributed by atoms with Gasteiger partial charge in [0.05, 0.1) is 16.5 Å². The van der Waals surface area contributed by atoms with Crippen LogP contribution in [0.3, 0.4) is 0 Å². The first kappa shape index (κ1) is 24.8. The molecule has 1 amide bonds. The second-order valence-electron chi connectivity index (χ2n) is 7.12. The van der Waals surface area contributed by atoms with Gasteiger partial charge < -0.3 is 14.6 Å². The summed E-state index contributed by atoms with van der Waals surface area (Å²) in [7, 11) is 1.82. The Morgan fingerprint density at radius 2 is 1.88 bits per heavy atom. The van der Waals surface area contributed by atoms with E-state index in [1.54, 1.807) is 34.9 Å². The summed E-state index contributed by atoms with van der Waals surface area (Å²) in [5.41, 5.74) is 1.70. The Morgan fingerprint density at radius 1 is 1.15 bits per heavy atom. The van der Waals surface area contributed by atoms with E-state index in [9.17, 15) is 4.79 Å². The van der Waals surface area contributed by atoms with Crippen molar-refractivity contribution in [2.24, 2.45) is 7.05 Å². The predicted molar refractivity (Wildman–Crippen MR) is 138 cm³/mol. The molecule has 0 spiro atoms. The molecule has 0 radical (unpaired) electrons. The van der Waals surface area contributed by atoms with Gasteiger partial charge in [-0.3, -0.25) is 4.79 Å². The van der Waals surface area contributed by atoms with Crippen LogP contribution in [0.4, 0.5) is 5.13 Å². The monoisotopic (exact) mass is 553 g/mol. The maximum atomic E-state index is 12.4. The van der Waals surface area contributed by atoms with E-state index >= 15 is 0 Å². The third kappa shape index (κ3) is 6.03. The zero-order valence-corrected chi connectivity index (χ0v) is 21.9. The van der Waals surface area contributed by atoms with Crippen LogP contribution < -0.4 is 10.1 Å². The molecule has 0 aliphatic heterocycles. The number of carbonyl (C=O) groups excluding carboxylic acids is 1. The third-order valence-electron chi connectivity index (χ3n) is 4.65. The summed E-state index contributed by atoms with van der Waals surface area (Å²) in [5, 5.41) is 15.8. The minimum atomic E-state index is -0.416. The zero-order valence-electron chi connectivity index (χ0n) is 18.0. The van der Waals surface area contributed by atoms with Crippen LogP contribution in [0.5, 0.6) is 5.75 Å². The van der Waals surface area contributed by atoms with Crippen LogP contribution in [-0.4, -0.2) is 31.4 Å². The summed E-state index contributed by atoms with van der Waals surface area (Å²) in [6.45, 7) is 1.84. The smallest absolute Gasteiger partial charge is 0.236 e. The van der Waals surface area contributed by atoms with Gasteiger partial charge in [0.2, 0.25) is 5.91 Å². The van der Waals surface area contributed by atoms with Gasteiger partial charge >= 0.3 is 0 Å². The van der Waals surface area contributed by atoms with Crippen molar-refractivity contribution in [1.29, 1.82) is 0 Å². The highest BCUT2D eigenvalue weighted by Gasteiger charge is 2.19. The summed E-state index contributed by atoms with van der Waals surface area (Å²) in [5.74, 6) is 1.06. The van der Waals surface area contributed by atoms with Gasteiger partial charge in [0.25, 0.3) is 0 Å². The van der Waals surface area contributed by atoms with Gasteiger partial charge in [-0.2, -0.15) is 0 Å². The lowest BCUT2D eigenvalue weighted by molar-refractivity contribution is -0.113. The highest BCUT2D eigenvalue weighted by Crippen LogP contribution is 2.31. The molecule has 7 nitrogen and oxygen atoms in total. The highest BCUT2D eigenvalue weighted by atomic mass is 35.5. The fourth-order valence-corrected chi connectivity index (χ4v) is 5.02. The lowest BCUT2D eigenvalue weighted by atomic mass is 10.2. The second kappa shape index (κ2) is 11.0. The number of rotatable bonds is 8. The summed E-state index contributed by atoms with van der Waals surface area (Å²) < 4.78 is 7.70. The van der Waals surface area contributed by atoms with Crippen LogP contribution in [0.2, 0.25) is 15.1 Å². The molecule has 2 aromatic heterocycles. The summed E-state index contributed by atoms with van der Waals surface area (Å²) in [4.78, 5) is 16.9. The van der Waals surface area contributed by atoms with E-state index < -0.39 is 6.10 Å². The average Bonchev–Trinajstić information content (AvgIpc) is 3.41. The Labute approximate surface area is 219 Å². The highest BCUT2D eigenvalue weighted by molar-refractivity contribution is 7.99. The number of ether oxygens (including phenoxy) is 1. The Morgan fingerprint density at radius 3 is 2.62 bits per heavy atom. The third-order valence-corrected chi connectivity index (χ3v) is 7.21. The van der Waals surface area contributed by atoms with Crippen molar-refractivity contribution in [3.8, 4) is 17.0 Å². The number of nitrogens with zero attached hydrogens (tertiary/aromatic N) is 4. The summed E-state index contributed by atoms with van der Waals surface area (Å²) in [6, 6.07) is 12.4. The largest absolute Gasteiger partial charge is 0.481 e. The van der Waals surface area contributed by atoms with E-state index in [1.165, 1.54) is 23.1 Å². The molecule has 0 bridgehead atoms. The molecule has 0 aliphatic rings. The number of aromatic nitrogens is 4. The summed E-state index contributed by atoms with van der Waals surface area (Å²) >= 11 is 20.7. The quantitative estimate of drug-likeness (QED) is 0.242.